The molecular weight excluding hydrogens is 248 g/mol. The molecule has 0 aliphatic carbocycles. The van der Waals surface area contributed by atoms with Crippen molar-refractivity contribution in [2.45, 2.75) is 0 Å². The zero-order valence-corrected chi connectivity index (χ0v) is 10.6. The topological polar surface area (TPSA) is 50.7 Å². The fourth-order valence-corrected chi connectivity index (χ4v) is 1.95. The Labute approximate surface area is 109 Å². The molecule has 0 saturated carbocycles. The summed E-state index contributed by atoms with van der Waals surface area (Å²) in [5, 5.41) is 7.78. The lowest BCUT2D eigenvalue weighted by atomic mass is 10.2. The van der Waals surface area contributed by atoms with Gasteiger partial charge in [-0.3, -0.25) is 4.79 Å². The minimum absolute atomic E-state index is 0.264. The predicted molar refractivity (Wildman–Crippen MR) is 72.4 cm³/mol. The van der Waals surface area contributed by atoms with Crippen LogP contribution >= 0.6 is 11.3 Å². The molecule has 0 aliphatic rings. The summed E-state index contributed by atoms with van der Waals surface area (Å²) in [5.41, 5.74) is 3.94. The highest BCUT2D eigenvalue weighted by Gasteiger charge is 2.04. The number of amides is 1. The van der Waals surface area contributed by atoms with Gasteiger partial charge in [-0.15, -0.1) is 0 Å². The Balaban J connectivity index is 1.99. The fourth-order valence-electron chi connectivity index (χ4n) is 1.34. The number of carbonyl (C=O) groups is 1. The van der Waals surface area contributed by atoms with Gasteiger partial charge in [-0.25, -0.2) is 5.43 Å². The maximum absolute atomic E-state index is 11.8. The van der Waals surface area contributed by atoms with Crippen LogP contribution < -0.4 is 10.2 Å². The second-order valence-electron chi connectivity index (χ2n) is 3.49. The van der Waals surface area contributed by atoms with E-state index in [-0.39, 0.29) is 5.91 Å². The van der Waals surface area contributed by atoms with Gasteiger partial charge >= 0.3 is 0 Å². The number of nitrogens with one attached hydrogen (secondary N) is 1. The summed E-state index contributed by atoms with van der Waals surface area (Å²) in [6.07, 6.45) is 1.61. The van der Waals surface area contributed by atoms with Gasteiger partial charge in [0.1, 0.15) is 5.75 Å². The second kappa shape index (κ2) is 5.97. The van der Waals surface area contributed by atoms with E-state index in [1.54, 1.807) is 48.9 Å². The van der Waals surface area contributed by atoms with Crippen LogP contribution in [-0.4, -0.2) is 19.2 Å². The number of nitrogens with zero attached hydrogens (tertiary/aromatic N) is 1. The predicted octanol–water partition coefficient (Wildman–Crippen LogP) is 2.52. The molecule has 18 heavy (non-hydrogen) atoms. The first kappa shape index (κ1) is 12.3. The number of hydrogen-bond donors (Lipinski definition) is 1. The van der Waals surface area contributed by atoms with Crippen LogP contribution in [0.2, 0.25) is 0 Å². The van der Waals surface area contributed by atoms with Crippen LogP contribution in [0.15, 0.2) is 46.2 Å². The van der Waals surface area contributed by atoms with Gasteiger partial charge in [-0.05, 0) is 35.0 Å². The number of rotatable bonds is 4. The fraction of sp³-hybridized carbons (Fsp3) is 0.0769. The van der Waals surface area contributed by atoms with Crippen LogP contribution in [0.3, 0.4) is 0 Å². The molecule has 0 fully saturated rings. The minimum Gasteiger partial charge on any atom is -0.497 e. The quantitative estimate of drug-likeness (QED) is 0.678. The Morgan fingerprint density at radius 3 is 3.06 bits per heavy atom. The zero-order valence-electron chi connectivity index (χ0n) is 9.79. The Hall–Kier alpha value is -2.14. The molecule has 4 nitrogen and oxygen atoms in total. The summed E-state index contributed by atoms with van der Waals surface area (Å²) in [6, 6.07) is 8.83. The summed E-state index contributed by atoms with van der Waals surface area (Å²) in [7, 11) is 1.56. The molecule has 1 aromatic heterocycles. The molecule has 0 spiro atoms. The number of methoxy groups -OCH3 is 1. The summed E-state index contributed by atoms with van der Waals surface area (Å²) < 4.78 is 5.05. The SMILES string of the molecule is COc1cccc(C(=O)NN=Cc2ccsc2)c1. The van der Waals surface area contributed by atoms with Crippen LogP contribution in [-0.2, 0) is 0 Å². The van der Waals surface area contributed by atoms with Crippen molar-refractivity contribution in [2.24, 2.45) is 5.10 Å². The molecule has 2 rings (SSSR count). The number of hydrazone groups is 1. The van der Waals surface area contributed by atoms with E-state index < -0.39 is 0 Å². The maximum Gasteiger partial charge on any atom is 0.271 e. The first-order valence-electron chi connectivity index (χ1n) is 5.29. The van der Waals surface area contributed by atoms with Crippen LogP contribution in [0.25, 0.3) is 0 Å². The van der Waals surface area contributed by atoms with Crippen LogP contribution in [0, 0.1) is 0 Å². The van der Waals surface area contributed by atoms with Crippen molar-refractivity contribution < 1.29 is 9.53 Å². The van der Waals surface area contributed by atoms with Crippen LogP contribution in [0.1, 0.15) is 15.9 Å². The van der Waals surface area contributed by atoms with Crippen molar-refractivity contribution >= 4 is 23.5 Å². The van der Waals surface area contributed by atoms with E-state index in [1.165, 1.54) is 0 Å². The largest absolute Gasteiger partial charge is 0.497 e. The van der Waals surface area contributed by atoms with Gasteiger partial charge < -0.3 is 4.74 Å². The molecule has 0 bridgehead atoms. The van der Waals surface area contributed by atoms with Crippen molar-refractivity contribution in [1.29, 1.82) is 0 Å². The molecule has 0 unspecified atom stereocenters. The Kier molecular flexibility index (Phi) is 4.09. The third-order valence-corrected chi connectivity index (χ3v) is 2.96. The van der Waals surface area contributed by atoms with E-state index in [1.807, 2.05) is 16.8 Å². The van der Waals surface area contributed by atoms with E-state index in [2.05, 4.69) is 10.5 Å². The highest BCUT2D eigenvalue weighted by molar-refractivity contribution is 7.08. The Morgan fingerprint density at radius 2 is 2.33 bits per heavy atom. The molecular formula is C13H12N2O2S. The number of ether oxygens (including phenoxy) is 1. The van der Waals surface area contributed by atoms with Gasteiger partial charge in [0.2, 0.25) is 0 Å². The summed E-state index contributed by atoms with van der Waals surface area (Å²) >= 11 is 1.58. The molecule has 5 heteroatoms. The average Bonchev–Trinajstić information content (AvgIpc) is 2.92. The molecule has 1 amide bonds. The Bertz CT molecular complexity index is 550. The van der Waals surface area contributed by atoms with Crippen molar-refractivity contribution in [3.63, 3.8) is 0 Å². The molecule has 1 aromatic carbocycles. The highest BCUT2D eigenvalue weighted by Crippen LogP contribution is 2.12. The lowest BCUT2D eigenvalue weighted by Crippen LogP contribution is -2.17. The van der Waals surface area contributed by atoms with Gasteiger partial charge in [-0.1, -0.05) is 6.07 Å². The van der Waals surface area contributed by atoms with Crippen LogP contribution in [0.4, 0.5) is 0 Å². The number of hydrogen-bond acceptors (Lipinski definition) is 4. The average molecular weight is 260 g/mol. The van der Waals surface area contributed by atoms with E-state index in [0.717, 1.165) is 5.56 Å². The molecule has 0 saturated heterocycles. The third-order valence-electron chi connectivity index (χ3n) is 2.25. The monoisotopic (exact) mass is 260 g/mol. The Morgan fingerprint density at radius 1 is 1.44 bits per heavy atom. The molecule has 1 heterocycles. The lowest BCUT2D eigenvalue weighted by molar-refractivity contribution is 0.0955. The first-order valence-corrected chi connectivity index (χ1v) is 6.23. The van der Waals surface area contributed by atoms with Gasteiger partial charge in [-0.2, -0.15) is 16.4 Å². The van der Waals surface area contributed by atoms with E-state index in [9.17, 15) is 4.79 Å². The van der Waals surface area contributed by atoms with Gasteiger partial charge in [0.25, 0.3) is 5.91 Å². The van der Waals surface area contributed by atoms with Gasteiger partial charge in [0.05, 0.1) is 13.3 Å². The summed E-state index contributed by atoms with van der Waals surface area (Å²) in [5.74, 6) is 0.379. The van der Waals surface area contributed by atoms with E-state index >= 15 is 0 Å². The van der Waals surface area contributed by atoms with Crippen LogP contribution in [0.5, 0.6) is 5.75 Å². The molecule has 92 valence electrons. The molecule has 1 N–H and O–H groups in total. The minimum atomic E-state index is -0.264. The molecule has 0 atom stereocenters. The maximum atomic E-state index is 11.8. The number of benzene rings is 1. The number of carbonyl (C=O) groups excluding carboxylic acids is 1. The first-order chi connectivity index (χ1) is 8.79. The van der Waals surface area contributed by atoms with E-state index in [4.69, 9.17) is 4.74 Å². The zero-order chi connectivity index (χ0) is 12.8. The normalized spacial score (nSPS) is 10.5. The highest BCUT2D eigenvalue weighted by atomic mass is 32.1. The molecule has 2 aromatic rings. The van der Waals surface area contributed by atoms with Crippen molar-refractivity contribution in [2.75, 3.05) is 7.11 Å². The smallest absolute Gasteiger partial charge is 0.271 e. The summed E-state index contributed by atoms with van der Waals surface area (Å²) in [4.78, 5) is 11.8. The second-order valence-corrected chi connectivity index (χ2v) is 4.27. The third kappa shape index (κ3) is 3.18. The molecule has 0 aliphatic heterocycles. The summed E-state index contributed by atoms with van der Waals surface area (Å²) in [6.45, 7) is 0. The standard InChI is InChI=1S/C13H12N2O2S/c1-17-12-4-2-3-11(7-12)13(16)15-14-8-10-5-6-18-9-10/h2-9H,1H3,(H,15,16). The van der Waals surface area contributed by atoms with E-state index in [0.29, 0.717) is 11.3 Å². The van der Waals surface area contributed by atoms with Crippen molar-refractivity contribution in [1.82, 2.24) is 5.43 Å². The lowest BCUT2D eigenvalue weighted by Gasteiger charge is -2.02. The molecule has 0 radical (unpaired) electrons. The van der Waals surface area contributed by atoms with Gasteiger partial charge in [0, 0.05) is 11.1 Å². The van der Waals surface area contributed by atoms with Crippen molar-refractivity contribution in [3.05, 3.63) is 52.2 Å². The van der Waals surface area contributed by atoms with Gasteiger partial charge in [0.15, 0.2) is 0 Å². The van der Waals surface area contributed by atoms with Crippen molar-refractivity contribution in [3.8, 4) is 5.75 Å². The number of thiophene rings is 1.